The van der Waals surface area contributed by atoms with Gasteiger partial charge in [0.15, 0.2) is 0 Å². The molecule has 0 radical (unpaired) electrons. The molecule has 0 aliphatic carbocycles. The second-order valence-electron chi connectivity index (χ2n) is 4.30. The first-order valence-corrected chi connectivity index (χ1v) is 5.69. The lowest BCUT2D eigenvalue weighted by Gasteiger charge is -2.14. The fourth-order valence-corrected chi connectivity index (χ4v) is 1.57. The van der Waals surface area contributed by atoms with Crippen LogP contribution in [0.2, 0.25) is 0 Å². The van der Waals surface area contributed by atoms with Crippen LogP contribution in [0.25, 0.3) is 0 Å². The van der Waals surface area contributed by atoms with Crippen molar-refractivity contribution in [3.63, 3.8) is 0 Å². The standard InChI is InChI=1S/C13H17N5/c1-9-12(14)15-8-16-13(9)17-10-4-6-11(7-5-10)18(2)3/h4-8H,1-3H3,(H3,14,15,16,17). The number of aromatic nitrogens is 2. The summed E-state index contributed by atoms with van der Waals surface area (Å²) in [5.41, 5.74) is 8.72. The van der Waals surface area contributed by atoms with Crippen LogP contribution in [0.4, 0.5) is 23.0 Å². The van der Waals surface area contributed by atoms with E-state index in [-0.39, 0.29) is 0 Å². The SMILES string of the molecule is Cc1c(N)ncnc1Nc1ccc(N(C)C)cc1. The molecule has 0 saturated heterocycles. The van der Waals surface area contributed by atoms with Gasteiger partial charge in [0.05, 0.1) is 0 Å². The van der Waals surface area contributed by atoms with Gasteiger partial charge in [-0.2, -0.15) is 0 Å². The summed E-state index contributed by atoms with van der Waals surface area (Å²) in [6.45, 7) is 1.89. The Bertz CT molecular complexity index is 534. The lowest BCUT2D eigenvalue weighted by atomic mass is 10.2. The molecule has 0 amide bonds. The third kappa shape index (κ3) is 2.51. The van der Waals surface area contributed by atoms with Crippen molar-refractivity contribution in [2.75, 3.05) is 30.0 Å². The Morgan fingerprint density at radius 3 is 2.39 bits per heavy atom. The zero-order valence-electron chi connectivity index (χ0n) is 10.8. The Labute approximate surface area is 107 Å². The third-order valence-corrected chi connectivity index (χ3v) is 2.77. The smallest absolute Gasteiger partial charge is 0.138 e. The highest BCUT2D eigenvalue weighted by atomic mass is 15.1. The van der Waals surface area contributed by atoms with Crippen molar-refractivity contribution in [2.24, 2.45) is 0 Å². The van der Waals surface area contributed by atoms with E-state index in [2.05, 4.69) is 20.2 Å². The van der Waals surface area contributed by atoms with Gasteiger partial charge in [0.25, 0.3) is 0 Å². The van der Waals surface area contributed by atoms with E-state index in [1.54, 1.807) is 0 Å². The van der Waals surface area contributed by atoms with Crippen LogP contribution in [0, 0.1) is 6.92 Å². The number of nitrogens with zero attached hydrogens (tertiary/aromatic N) is 3. The monoisotopic (exact) mass is 243 g/mol. The molecule has 5 heteroatoms. The molecule has 18 heavy (non-hydrogen) atoms. The van der Waals surface area contributed by atoms with Crippen LogP contribution in [0.15, 0.2) is 30.6 Å². The maximum atomic E-state index is 5.74. The summed E-state index contributed by atoms with van der Waals surface area (Å²) in [6.07, 6.45) is 1.46. The quantitative estimate of drug-likeness (QED) is 0.864. The third-order valence-electron chi connectivity index (χ3n) is 2.77. The molecule has 5 nitrogen and oxygen atoms in total. The van der Waals surface area contributed by atoms with Gasteiger partial charge in [0.2, 0.25) is 0 Å². The molecular formula is C13H17N5. The summed E-state index contributed by atoms with van der Waals surface area (Å²) in [7, 11) is 4.02. The van der Waals surface area contributed by atoms with Crippen molar-refractivity contribution in [3.05, 3.63) is 36.2 Å². The highest BCUT2D eigenvalue weighted by Gasteiger charge is 2.04. The van der Waals surface area contributed by atoms with Gasteiger partial charge in [-0.1, -0.05) is 0 Å². The molecule has 0 saturated carbocycles. The number of nitrogens with two attached hydrogens (primary N) is 1. The molecule has 0 fully saturated rings. The van der Waals surface area contributed by atoms with Gasteiger partial charge < -0.3 is 16.0 Å². The van der Waals surface area contributed by atoms with Crippen LogP contribution in [-0.2, 0) is 0 Å². The van der Waals surface area contributed by atoms with Crippen molar-refractivity contribution >= 4 is 23.0 Å². The number of anilines is 4. The van der Waals surface area contributed by atoms with Crippen LogP contribution in [-0.4, -0.2) is 24.1 Å². The molecule has 3 N–H and O–H groups in total. The van der Waals surface area contributed by atoms with Crippen molar-refractivity contribution in [1.82, 2.24) is 9.97 Å². The minimum atomic E-state index is 0.498. The van der Waals surface area contributed by atoms with Crippen molar-refractivity contribution < 1.29 is 0 Å². The van der Waals surface area contributed by atoms with E-state index in [0.717, 1.165) is 22.8 Å². The fourth-order valence-electron chi connectivity index (χ4n) is 1.57. The molecule has 94 valence electrons. The maximum Gasteiger partial charge on any atom is 0.138 e. The van der Waals surface area contributed by atoms with Crippen molar-refractivity contribution in [2.45, 2.75) is 6.92 Å². The highest BCUT2D eigenvalue weighted by Crippen LogP contribution is 2.22. The summed E-state index contributed by atoms with van der Waals surface area (Å²) in [5, 5.41) is 3.23. The molecule has 1 aromatic carbocycles. The Kier molecular flexibility index (Phi) is 3.32. The number of benzene rings is 1. The summed E-state index contributed by atoms with van der Waals surface area (Å²) in [5.74, 6) is 1.23. The van der Waals surface area contributed by atoms with Gasteiger partial charge in [-0.05, 0) is 31.2 Å². The van der Waals surface area contributed by atoms with Crippen molar-refractivity contribution in [3.8, 4) is 0 Å². The zero-order chi connectivity index (χ0) is 13.1. The normalized spacial score (nSPS) is 10.2. The van der Waals surface area contributed by atoms with Crippen LogP contribution in [0.3, 0.4) is 0 Å². The van der Waals surface area contributed by atoms with Crippen LogP contribution >= 0.6 is 0 Å². The Morgan fingerprint density at radius 2 is 1.78 bits per heavy atom. The predicted octanol–water partition coefficient (Wildman–Crippen LogP) is 2.18. The molecule has 1 heterocycles. The molecule has 0 atom stereocenters. The van der Waals surface area contributed by atoms with E-state index < -0.39 is 0 Å². The minimum Gasteiger partial charge on any atom is -0.383 e. The van der Waals surface area contributed by atoms with Crippen LogP contribution in [0.1, 0.15) is 5.56 Å². The van der Waals surface area contributed by atoms with Gasteiger partial charge >= 0.3 is 0 Å². The molecule has 2 rings (SSSR count). The average molecular weight is 243 g/mol. The molecule has 0 spiro atoms. The Balaban J connectivity index is 2.21. The largest absolute Gasteiger partial charge is 0.383 e. The fraction of sp³-hybridized carbons (Fsp3) is 0.231. The molecule has 2 aromatic rings. The van der Waals surface area contributed by atoms with E-state index in [0.29, 0.717) is 5.82 Å². The summed E-state index contributed by atoms with van der Waals surface area (Å²) < 4.78 is 0. The predicted molar refractivity (Wildman–Crippen MR) is 75.2 cm³/mol. The summed E-state index contributed by atoms with van der Waals surface area (Å²) >= 11 is 0. The number of hydrogen-bond acceptors (Lipinski definition) is 5. The summed E-state index contributed by atoms with van der Waals surface area (Å²) in [4.78, 5) is 10.2. The van der Waals surface area contributed by atoms with Gasteiger partial charge in [-0.25, -0.2) is 9.97 Å². The van der Waals surface area contributed by atoms with E-state index in [1.807, 2.05) is 45.3 Å². The molecule has 0 bridgehead atoms. The van der Waals surface area contributed by atoms with Crippen molar-refractivity contribution in [1.29, 1.82) is 0 Å². The lowest BCUT2D eigenvalue weighted by molar-refractivity contribution is 1.13. The van der Waals surface area contributed by atoms with E-state index in [1.165, 1.54) is 6.33 Å². The topological polar surface area (TPSA) is 67.1 Å². The van der Waals surface area contributed by atoms with Gasteiger partial charge in [0, 0.05) is 31.0 Å². The molecule has 0 aliphatic rings. The number of nitrogens with one attached hydrogen (secondary N) is 1. The molecule has 0 unspecified atom stereocenters. The average Bonchev–Trinajstić information content (AvgIpc) is 2.36. The first-order valence-electron chi connectivity index (χ1n) is 5.69. The van der Waals surface area contributed by atoms with E-state index in [4.69, 9.17) is 5.73 Å². The Hall–Kier alpha value is -2.30. The first-order chi connectivity index (χ1) is 8.58. The minimum absolute atomic E-state index is 0.498. The maximum absolute atomic E-state index is 5.74. The van der Waals surface area contributed by atoms with Gasteiger partial charge in [0.1, 0.15) is 18.0 Å². The van der Waals surface area contributed by atoms with Gasteiger partial charge in [-0.3, -0.25) is 0 Å². The Morgan fingerprint density at radius 1 is 1.11 bits per heavy atom. The highest BCUT2D eigenvalue weighted by molar-refractivity contribution is 5.65. The molecule has 1 aromatic heterocycles. The van der Waals surface area contributed by atoms with Gasteiger partial charge in [-0.15, -0.1) is 0 Å². The van der Waals surface area contributed by atoms with E-state index >= 15 is 0 Å². The number of rotatable bonds is 3. The zero-order valence-corrected chi connectivity index (χ0v) is 10.8. The number of hydrogen-bond donors (Lipinski definition) is 2. The second-order valence-corrected chi connectivity index (χ2v) is 4.30. The lowest BCUT2D eigenvalue weighted by Crippen LogP contribution is -2.08. The summed E-state index contributed by atoms with van der Waals surface area (Å²) in [6, 6.07) is 8.10. The van der Waals surface area contributed by atoms with Crippen LogP contribution < -0.4 is 16.0 Å². The first kappa shape index (κ1) is 12.2. The second kappa shape index (κ2) is 4.91. The van der Waals surface area contributed by atoms with E-state index in [9.17, 15) is 0 Å². The van der Waals surface area contributed by atoms with Crippen LogP contribution in [0.5, 0.6) is 0 Å². The molecular weight excluding hydrogens is 226 g/mol. The molecule has 0 aliphatic heterocycles. The number of nitrogen functional groups attached to an aromatic ring is 1.